The van der Waals surface area contributed by atoms with E-state index in [-0.39, 0.29) is 17.2 Å². The van der Waals surface area contributed by atoms with Gasteiger partial charge in [0.15, 0.2) is 0 Å². The molecule has 1 heterocycles. The lowest BCUT2D eigenvalue weighted by Crippen LogP contribution is -2.41. The van der Waals surface area contributed by atoms with Gasteiger partial charge >= 0.3 is 0 Å². The zero-order valence-corrected chi connectivity index (χ0v) is 13.5. The van der Waals surface area contributed by atoms with Crippen LogP contribution in [0.25, 0.3) is 0 Å². The Hall–Kier alpha value is -1.56. The second-order valence-electron chi connectivity index (χ2n) is 6.35. The standard InChI is InChI=1S/C15H22N2O3S/c1-15(2,3)16-14(18)12-7-6-8-13(11-12)17-9-4-5-10-21(17,19)20/h6-8,11H,4-5,9-10H2,1-3H3,(H,16,18). The number of rotatable bonds is 2. The highest BCUT2D eigenvalue weighted by molar-refractivity contribution is 7.92. The van der Waals surface area contributed by atoms with Crippen molar-refractivity contribution in [3.05, 3.63) is 29.8 Å². The summed E-state index contributed by atoms with van der Waals surface area (Å²) >= 11 is 0. The van der Waals surface area contributed by atoms with E-state index in [4.69, 9.17) is 0 Å². The number of hydrogen-bond acceptors (Lipinski definition) is 3. The number of benzene rings is 1. The van der Waals surface area contributed by atoms with Crippen LogP contribution in [0.4, 0.5) is 5.69 Å². The fourth-order valence-electron chi connectivity index (χ4n) is 2.29. The van der Waals surface area contributed by atoms with Crippen LogP contribution >= 0.6 is 0 Å². The van der Waals surface area contributed by atoms with Crippen LogP contribution in [0.1, 0.15) is 44.0 Å². The third-order valence-electron chi connectivity index (χ3n) is 3.23. The predicted molar refractivity (Wildman–Crippen MR) is 84.0 cm³/mol. The molecule has 1 amide bonds. The Labute approximate surface area is 126 Å². The molecule has 116 valence electrons. The number of anilines is 1. The van der Waals surface area contributed by atoms with Crippen LogP contribution in [0, 0.1) is 0 Å². The molecule has 6 heteroatoms. The van der Waals surface area contributed by atoms with Gasteiger partial charge in [-0.25, -0.2) is 8.42 Å². The summed E-state index contributed by atoms with van der Waals surface area (Å²) in [6.07, 6.45) is 1.54. The van der Waals surface area contributed by atoms with Crippen molar-refractivity contribution < 1.29 is 13.2 Å². The number of nitrogens with one attached hydrogen (secondary N) is 1. The highest BCUT2D eigenvalue weighted by atomic mass is 32.2. The number of sulfonamides is 1. The Morgan fingerprint density at radius 2 is 1.95 bits per heavy atom. The van der Waals surface area contributed by atoms with E-state index in [1.165, 1.54) is 4.31 Å². The van der Waals surface area contributed by atoms with Crippen molar-refractivity contribution in [2.45, 2.75) is 39.2 Å². The van der Waals surface area contributed by atoms with Crippen LogP contribution < -0.4 is 9.62 Å². The molecule has 0 aliphatic carbocycles. The predicted octanol–water partition coefficient (Wildman–Crippen LogP) is 2.14. The Balaban J connectivity index is 2.27. The molecular weight excluding hydrogens is 288 g/mol. The fourth-order valence-corrected chi connectivity index (χ4v) is 3.93. The lowest BCUT2D eigenvalue weighted by Gasteiger charge is -2.28. The van der Waals surface area contributed by atoms with E-state index in [1.807, 2.05) is 20.8 Å². The fraction of sp³-hybridized carbons (Fsp3) is 0.533. The van der Waals surface area contributed by atoms with Gasteiger partial charge in [0.2, 0.25) is 10.0 Å². The van der Waals surface area contributed by atoms with Gasteiger partial charge in [-0.15, -0.1) is 0 Å². The summed E-state index contributed by atoms with van der Waals surface area (Å²) in [6, 6.07) is 6.79. The van der Waals surface area contributed by atoms with Crippen molar-refractivity contribution in [1.29, 1.82) is 0 Å². The molecule has 1 fully saturated rings. The van der Waals surface area contributed by atoms with Crippen LogP contribution in [0.2, 0.25) is 0 Å². The summed E-state index contributed by atoms with van der Waals surface area (Å²) in [5.74, 6) is -0.0236. The van der Waals surface area contributed by atoms with Gasteiger partial charge in [0.05, 0.1) is 11.4 Å². The van der Waals surface area contributed by atoms with Crippen molar-refractivity contribution >= 4 is 21.6 Å². The van der Waals surface area contributed by atoms with Crippen molar-refractivity contribution in [3.63, 3.8) is 0 Å². The van der Waals surface area contributed by atoms with E-state index in [1.54, 1.807) is 24.3 Å². The first kappa shape index (κ1) is 15.8. The molecule has 0 aromatic heterocycles. The molecule has 0 saturated carbocycles. The smallest absolute Gasteiger partial charge is 0.251 e. The van der Waals surface area contributed by atoms with Crippen LogP contribution in [-0.4, -0.2) is 32.2 Å². The summed E-state index contributed by atoms with van der Waals surface area (Å²) in [6.45, 7) is 6.20. The minimum absolute atomic E-state index is 0.172. The van der Waals surface area contributed by atoms with E-state index in [0.717, 1.165) is 6.42 Å². The molecule has 1 aromatic carbocycles. The lowest BCUT2D eigenvalue weighted by atomic mass is 10.1. The normalized spacial score (nSPS) is 18.3. The minimum atomic E-state index is -3.25. The summed E-state index contributed by atoms with van der Waals surface area (Å²) in [7, 11) is -3.25. The molecule has 0 radical (unpaired) electrons. The van der Waals surface area contributed by atoms with Gasteiger partial charge < -0.3 is 5.32 Å². The molecule has 0 spiro atoms. The Morgan fingerprint density at radius 1 is 1.24 bits per heavy atom. The third kappa shape index (κ3) is 3.97. The van der Waals surface area contributed by atoms with Crippen molar-refractivity contribution in [2.75, 3.05) is 16.6 Å². The third-order valence-corrected chi connectivity index (χ3v) is 5.10. The van der Waals surface area contributed by atoms with Crippen molar-refractivity contribution in [3.8, 4) is 0 Å². The SMILES string of the molecule is CC(C)(C)NC(=O)c1cccc(N2CCCCS2(=O)=O)c1. The molecule has 2 rings (SSSR count). The number of carbonyl (C=O) groups is 1. The van der Waals surface area contributed by atoms with Crippen LogP contribution in [-0.2, 0) is 10.0 Å². The first-order valence-corrected chi connectivity index (χ1v) is 8.73. The molecular formula is C15H22N2O3S. The molecule has 1 aliphatic rings. The maximum absolute atomic E-state index is 12.2. The van der Waals surface area contributed by atoms with E-state index in [2.05, 4.69) is 5.32 Å². The Morgan fingerprint density at radius 3 is 2.57 bits per heavy atom. The summed E-state index contributed by atoms with van der Waals surface area (Å²) < 4.78 is 25.6. The summed E-state index contributed by atoms with van der Waals surface area (Å²) in [4.78, 5) is 12.2. The molecule has 5 nitrogen and oxygen atoms in total. The second kappa shape index (κ2) is 5.67. The first-order chi connectivity index (χ1) is 9.69. The van der Waals surface area contributed by atoms with Crippen LogP contribution in [0.5, 0.6) is 0 Å². The molecule has 1 aliphatic heterocycles. The average Bonchev–Trinajstić information content (AvgIpc) is 2.36. The summed E-state index contributed by atoms with van der Waals surface area (Å²) in [5.41, 5.74) is 0.712. The zero-order chi connectivity index (χ0) is 15.7. The Bertz CT molecular complexity index is 633. The molecule has 1 aromatic rings. The molecule has 0 bridgehead atoms. The van der Waals surface area contributed by atoms with Gasteiger partial charge in [-0.05, 0) is 51.8 Å². The van der Waals surface area contributed by atoms with Gasteiger partial charge in [-0.3, -0.25) is 9.10 Å². The minimum Gasteiger partial charge on any atom is -0.347 e. The van der Waals surface area contributed by atoms with Crippen molar-refractivity contribution in [1.82, 2.24) is 5.32 Å². The number of carbonyl (C=O) groups excluding carboxylic acids is 1. The van der Waals surface area contributed by atoms with Crippen molar-refractivity contribution in [2.24, 2.45) is 0 Å². The molecule has 1 saturated heterocycles. The maximum atomic E-state index is 12.2. The maximum Gasteiger partial charge on any atom is 0.251 e. The zero-order valence-electron chi connectivity index (χ0n) is 12.7. The van der Waals surface area contributed by atoms with Gasteiger partial charge in [0.1, 0.15) is 0 Å². The monoisotopic (exact) mass is 310 g/mol. The van der Waals surface area contributed by atoms with Gasteiger partial charge in [0.25, 0.3) is 5.91 Å². The molecule has 0 unspecified atom stereocenters. The second-order valence-corrected chi connectivity index (χ2v) is 8.36. The molecule has 0 atom stereocenters. The van der Waals surface area contributed by atoms with Crippen LogP contribution in [0.15, 0.2) is 24.3 Å². The van der Waals surface area contributed by atoms with E-state index < -0.39 is 10.0 Å². The highest BCUT2D eigenvalue weighted by Crippen LogP contribution is 2.24. The van der Waals surface area contributed by atoms with Gasteiger partial charge in [-0.2, -0.15) is 0 Å². The van der Waals surface area contributed by atoms with E-state index in [0.29, 0.717) is 24.2 Å². The number of hydrogen-bond donors (Lipinski definition) is 1. The van der Waals surface area contributed by atoms with E-state index >= 15 is 0 Å². The Kier molecular flexibility index (Phi) is 4.27. The number of nitrogens with zero attached hydrogens (tertiary/aromatic N) is 1. The molecule has 1 N–H and O–H groups in total. The van der Waals surface area contributed by atoms with E-state index in [9.17, 15) is 13.2 Å². The van der Waals surface area contributed by atoms with Gasteiger partial charge in [0, 0.05) is 17.6 Å². The quantitative estimate of drug-likeness (QED) is 0.910. The first-order valence-electron chi connectivity index (χ1n) is 7.12. The topological polar surface area (TPSA) is 66.5 Å². The highest BCUT2D eigenvalue weighted by Gasteiger charge is 2.26. The van der Waals surface area contributed by atoms with Crippen LogP contribution in [0.3, 0.4) is 0 Å². The lowest BCUT2D eigenvalue weighted by molar-refractivity contribution is 0.0919. The largest absolute Gasteiger partial charge is 0.347 e. The molecule has 21 heavy (non-hydrogen) atoms. The average molecular weight is 310 g/mol. The van der Waals surface area contributed by atoms with Gasteiger partial charge in [-0.1, -0.05) is 6.07 Å². The number of amides is 1. The summed E-state index contributed by atoms with van der Waals surface area (Å²) in [5, 5.41) is 2.88.